The smallest absolute Gasteiger partial charge is 0.164 e. The Morgan fingerprint density at radius 2 is 1.95 bits per heavy atom. The van der Waals surface area contributed by atoms with Crippen molar-refractivity contribution in [3.05, 3.63) is 42.4 Å². The fourth-order valence-electron chi connectivity index (χ4n) is 2.29. The van der Waals surface area contributed by atoms with Gasteiger partial charge in [0.1, 0.15) is 22.8 Å². The number of fused-ring (bicyclic) bond motifs is 1. The number of imidazole rings is 1. The summed E-state index contributed by atoms with van der Waals surface area (Å²) in [6.45, 7) is 1.95. The Labute approximate surface area is 116 Å². The highest BCUT2D eigenvalue weighted by Crippen LogP contribution is 2.30. The predicted octanol–water partition coefficient (Wildman–Crippen LogP) is 2.75. The molecule has 5 nitrogen and oxygen atoms in total. The van der Waals surface area contributed by atoms with E-state index in [1.54, 1.807) is 20.4 Å². The Morgan fingerprint density at radius 1 is 1.10 bits per heavy atom. The first-order chi connectivity index (χ1) is 9.74. The van der Waals surface area contributed by atoms with Gasteiger partial charge in [-0.15, -0.1) is 0 Å². The van der Waals surface area contributed by atoms with Crippen LogP contribution in [0.1, 0.15) is 5.82 Å². The van der Waals surface area contributed by atoms with Gasteiger partial charge in [-0.2, -0.15) is 0 Å². The van der Waals surface area contributed by atoms with E-state index >= 15 is 0 Å². The van der Waals surface area contributed by atoms with Gasteiger partial charge in [0.2, 0.25) is 0 Å². The van der Waals surface area contributed by atoms with Crippen LogP contribution in [-0.2, 0) is 0 Å². The van der Waals surface area contributed by atoms with Crippen LogP contribution < -0.4 is 9.47 Å². The standard InChI is InChI=1S/C15H15N3O2/c1-10-17-12-5-4-8-16-15(12)18(10)13-9-11(19-2)6-7-14(13)20-3/h4-9H,1-3H3. The second-order valence-corrected chi connectivity index (χ2v) is 4.38. The topological polar surface area (TPSA) is 49.2 Å². The number of rotatable bonds is 3. The van der Waals surface area contributed by atoms with Crippen LogP contribution in [0.5, 0.6) is 11.5 Å². The third kappa shape index (κ3) is 1.87. The molecular formula is C15H15N3O2. The van der Waals surface area contributed by atoms with Gasteiger partial charge < -0.3 is 9.47 Å². The average molecular weight is 269 g/mol. The van der Waals surface area contributed by atoms with Crippen molar-refractivity contribution in [2.75, 3.05) is 14.2 Å². The molecule has 1 aromatic carbocycles. The molecule has 2 heterocycles. The molecule has 0 spiro atoms. The zero-order valence-electron chi connectivity index (χ0n) is 11.6. The maximum atomic E-state index is 5.44. The van der Waals surface area contributed by atoms with E-state index in [0.29, 0.717) is 0 Å². The number of nitrogens with zero attached hydrogens (tertiary/aromatic N) is 3. The van der Waals surface area contributed by atoms with E-state index in [-0.39, 0.29) is 0 Å². The molecule has 5 heteroatoms. The molecule has 0 aliphatic rings. The van der Waals surface area contributed by atoms with Gasteiger partial charge in [-0.25, -0.2) is 9.97 Å². The molecule has 0 aliphatic carbocycles. The van der Waals surface area contributed by atoms with Crippen LogP contribution in [0, 0.1) is 6.92 Å². The number of benzene rings is 1. The van der Waals surface area contributed by atoms with E-state index in [0.717, 1.165) is 34.2 Å². The van der Waals surface area contributed by atoms with Crippen molar-refractivity contribution in [1.82, 2.24) is 14.5 Å². The number of pyridine rings is 1. The molecule has 0 bridgehead atoms. The maximum absolute atomic E-state index is 5.44. The number of methoxy groups -OCH3 is 2. The van der Waals surface area contributed by atoms with Crippen molar-refractivity contribution in [2.24, 2.45) is 0 Å². The molecule has 20 heavy (non-hydrogen) atoms. The number of ether oxygens (including phenoxy) is 2. The lowest BCUT2D eigenvalue weighted by atomic mass is 10.2. The lowest BCUT2D eigenvalue weighted by Crippen LogP contribution is -2.01. The van der Waals surface area contributed by atoms with Gasteiger partial charge in [0.25, 0.3) is 0 Å². The number of aryl methyl sites for hydroxylation is 1. The van der Waals surface area contributed by atoms with Crippen LogP contribution >= 0.6 is 0 Å². The van der Waals surface area contributed by atoms with E-state index < -0.39 is 0 Å². The number of hydrogen-bond donors (Lipinski definition) is 0. The summed E-state index contributed by atoms with van der Waals surface area (Å²) < 4.78 is 12.7. The summed E-state index contributed by atoms with van der Waals surface area (Å²) in [7, 11) is 3.29. The van der Waals surface area contributed by atoms with Crippen molar-refractivity contribution in [2.45, 2.75) is 6.92 Å². The molecule has 0 atom stereocenters. The molecule has 0 saturated carbocycles. The van der Waals surface area contributed by atoms with Gasteiger partial charge in [0.05, 0.1) is 19.9 Å². The zero-order valence-corrected chi connectivity index (χ0v) is 11.6. The highest BCUT2D eigenvalue weighted by atomic mass is 16.5. The molecule has 3 aromatic rings. The van der Waals surface area contributed by atoms with E-state index in [2.05, 4.69) is 9.97 Å². The molecular weight excluding hydrogens is 254 g/mol. The van der Waals surface area contributed by atoms with Crippen LogP contribution in [0.4, 0.5) is 0 Å². The molecule has 0 radical (unpaired) electrons. The first kappa shape index (κ1) is 12.5. The van der Waals surface area contributed by atoms with E-state index in [1.807, 2.05) is 41.8 Å². The Morgan fingerprint density at radius 3 is 2.70 bits per heavy atom. The van der Waals surface area contributed by atoms with Crippen molar-refractivity contribution in [1.29, 1.82) is 0 Å². The van der Waals surface area contributed by atoms with Crippen molar-refractivity contribution in [3.63, 3.8) is 0 Å². The summed E-state index contributed by atoms with van der Waals surface area (Å²) >= 11 is 0. The lowest BCUT2D eigenvalue weighted by molar-refractivity contribution is 0.401. The van der Waals surface area contributed by atoms with Crippen LogP contribution in [0.3, 0.4) is 0 Å². The summed E-state index contributed by atoms with van der Waals surface area (Å²) in [5.41, 5.74) is 2.52. The lowest BCUT2D eigenvalue weighted by Gasteiger charge is -2.12. The molecule has 0 saturated heterocycles. The molecule has 0 fully saturated rings. The van der Waals surface area contributed by atoms with Gasteiger partial charge in [0, 0.05) is 12.3 Å². The highest BCUT2D eigenvalue weighted by Gasteiger charge is 2.14. The quantitative estimate of drug-likeness (QED) is 0.733. The Kier molecular flexibility index (Phi) is 3.02. The maximum Gasteiger partial charge on any atom is 0.164 e. The summed E-state index contributed by atoms with van der Waals surface area (Å²) in [6, 6.07) is 9.48. The fraction of sp³-hybridized carbons (Fsp3) is 0.200. The van der Waals surface area contributed by atoms with Crippen LogP contribution in [0.15, 0.2) is 36.5 Å². The summed E-state index contributed by atoms with van der Waals surface area (Å²) in [4.78, 5) is 8.94. The monoisotopic (exact) mass is 269 g/mol. The number of aromatic nitrogens is 3. The SMILES string of the molecule is COc1ccc(OC)c(-n2c(C)nc3cccnc32)c1. The fourth-order valence-corrected chi connectivity index (χ4v) is 2.29. The largest absolute Gasteiger partial charge is 0.497 e. The first-order valence-corrected chi connectivity index (χ1v) is 6.27. The second kappa shape index (κ2) is 4.85. The van der Waals surface area contributed by atoms with Gasteiger partial charge in [-0.1, -0.05) is 0 Å². The van der Waals surface area contributed by atoms with Crippen molar-refractivity contribution >= 4 is 11.2 Å². The van der Waals surface area contributed by atoms with E-state index in [1.165, 1.54) is 0 Å². The van der Waals surface area contributed by atoms with Crippen LogP contribution in [0.2, 0.25) is 0 Å². The Balaban J connectivity index is 2.32. The predicted molar refractivity (Wildman–Crippen MR) is 76.7 cm³/mol. The van der Waals surface area contributed by atoms with Crippen molar-refractivity contribution in [3.8, 4) is 17.2 Å². The zero-order chi connectivity index (χ0) is 14.1. The second-order valence-electron chi connectivity index (χ2n) is 4.38. The van der Waals surface area contributed by atoms with E-state index in [4.69, 9.17) is 9.47 Å². The van der Waals surface area contributed by atoms with Gasteiger partial charge in [-0.05, 0) is 31.2 Å². The third-order valence-electron chi connectivity index (χ3n) is 3.21. The normalized spacial score (nSPS) is 10.8. The summed E-state index contributed by atoms with van der Waals surface area (Å²) in [6.07, 6.45) is 1.76. The molecule has 3 rings (SSSR count). The molecule has 0 unspecified atom stereocenters. The third-order valence-corrected chi connectivity index (χ3v) is 3.21. The number of hydrogen-bond acceptors (Lipinski definition) is 4. The van der Waals surface area contributed by atoms with Gasteiger partial charge in [-0.3, -0.25) is 4.57 Å². The molecule has 2 aromatic heterocycles. The van der Waals surface area contributed by atoms with E-state index in [9.17, 15) is 0 Å². The molecule has 0 aliphatic heterocycles. The highest BCUT2D eigenvalue weighted by molar-refractivity contribution is 5.75. The minimum absolute atomic E-state index is 0.749. The Bertz CT molecular complexity index is 765. The first-order valence-electron chi connectivity index (χ1n) is 6.27. The minimum Gasteiger partial charge on any atom is -0.497 e. The minimum atomic E-state index is 0.749. The molecule has 102 valence electrons. The summed E-state index contributed by atoms with van der Waals surface area (Å²) in [5, 5.41) is 0. The van der Waals surface area contributed by atoms with Crippen LogP contribution in [-0.4, -0.2) is 28.8 Å². The average Bonchev–Trinajstić information content (AvgIpc) is 2.82. The molecule has 0 N–H and O–H groups in total. The Hall–Kier alpha value is -2.56. The van der Waals surface area contributed by atoms with Crippen LogP contribution in [0.25, 0.3) is 16.9 Å². The van der Waals surface area contributed by atoms with Gasteiger partial charge >= 0.3 is 0 Å². The summed E-state index contributed by atoms with van der Waals surface area (Å²) in [5.74, 6) is 2.36. The molecule has 0 amide bonds. The van der Waals surface area contributed by atoms with Crippen molar-refractivity contribution < 1.29 is 9.47 Å². The van der Waals surface area contributed by atoms with Gasteiger partial charge in [0.15, 0.2) is 5.65 Å².